The van der Waals surface area contributed by atoms with E-state index in [1.54, 1.807) is 28.0 Å². The molecule has 8 aromatic rings. The largest absolute Gasteiger partial charge is 0.361 e. The van der Waals surface area contributed by atoms with Gasteiger partial charge in [-0.15, -0.1) is 0 Å². The maximum Gasteiger partial charge on any atom is 0.210 e. The molecular formula is C36H40N14OSi. The fraction of sp³-hybridized carbons (Fsp3) is 0.222. The molecule has 0 aliphatic heterocycles. The Morgan fingerprint density at radius 2 is 1.31 bits per heavy atom. The highest BCUT2D eigenvalue weighted by Crippen LogP contribution is 2.25. The molecule has 0 saturated carbocycles. The minimum Gasteiger partial charge on any atom is -0.361 e. The second kappa shape index (κ2) is 14.9. The van der Waals surface area contributed by atoms with Crippen LogP contribution in [0.2, 0.25) is 25.7 Å². The van der Waals surface area contributed by atoms with Gasteiger partial charge in [0.05, 0.1) is 34.5 Å². The predicted molar refractivity (Wildman–Crippen MR) is 205 cm³/mol. The molecule has 0 aromatic carbocycles. The quantitative estimate of drug-likeness (QED) is 0.0955. The van der Waals surface area contributed by atoms with Gasteiger partial charge in [-0.25, -0.2) is 19.9 Å². The fourth-order valence-corrected chi connectivity index (χ4v) is 6.01. The Hall–Kier alpha value is -6.26. The summed E-state index contributed by atoms with van der Waals surface area (Å²) in [6.45, 7) is 8.28. The lowest BCUT2D eigenvalue weighted by atomic mass is 10.1. The van der Waals surface area contributed by atoms with E-state index in [2.05, 4.69) is 70.4 Å². The summed E-state index contributed by atoms with van der Waals surface area (Å²) in [5.41, 5.74) is 7.31. The molecule has 0 aliphatic carbocycles. The van der Waals surface area contributed by atoms with Gasteiger partial charge in [-0.1, -0.05) is 19.6 Å². The number of anilines is 4. The number of H-pyrrole nitrogens is 1. The third-order valence-electron chi connectivity index (χ3n) is 8.08. The Morgan fingerprint density at radius 1 is 0.692 bits per heavy atom. The molecule has 8 aromatic heterocycles. The highest BCUT2D eigenvalue weighted by atomic mass is 28.3. The van der Waals surface area contributed by atoms with E-state index in [-0.39, 0.29) is 0 Å². The van der Waals surface area contributed by atoms with E-state index in [4.69, 9.17) is 9.72 Å². The van der Waals surface area contributed by atoms with Gasteiger partial charge in [0.25, 0.3) is 0 Å². The van der Waals surface area contributed by atoms with Crippen molar-refractivity contribution in [2.24, 2.45) is 14.1 Å². The average Bonchev–Trinajstić information content (AvgIpc) is 3.96. The number of aromatic amines is 1. The summed E-state index contributed by atoms with van der Waals surface area (Å²) in [5, 5.41) is 14.8. The highest BCUT2D eigenvalue weighted by molar-refractivity contribution is 6.76. The van der Waals surface area contributed by atoms with Crippen LogP contribution in [0.15, 0.2) is 98.4 Å². The van der Waals surface area contributed by atoms with Gasteiger partial charge in [0.1, 0.15) is 18.4 Å². The number of ether oxygens (including phenoxy) is 1. The van der Waals surface area contributed by atoms with E-state index in [0.29, 0.717) is 30.3 Å². The van der Waals surface area contributed by atoms with Crippen LogP contribution >= 0.6 is 0 Å². The van der Waals surface area contributed by atoms with Crippen LogP contribution in [0.25, 0.3) is 44.3 Å². The zero-order chi connectivity index (χ0) is 36.1. The molecule has 3 N–H and O–H groups in total. The van der Waals surface area contributed by atoms with Gasteiger partial charge >= 0.3 is 0 Å². The lowest BCUT2D eigenvalue weighted by Crippen LogP contribution is -2.22. The summed E-state index contributed by atoms with van der Waals surface area (Å²) in [5.74, 6) is 2.78. The second-order valence-electron chi connectivity index (χ2n) is 13.5. The molecule has 0 saturated heterocycles. The van der Waals surface area contributed by atoms with Crippen LogP contribution in [0.5, 0.6) is 0 Å². The normalized spacial score (nSPS) is 11.5. The van der Waals surface area contributed by atoms with Gasteiger partial charge in [0.2, 0.25) is 11.9 Å². The molecule has 0 aliphatic rings. The summed E-state index contributed by atoms with van der Waals surface area (Å²) in [7, 11) is 2.69. The zero-order valence-electron chi connectivity index (χ0n) is 29.7. The molecule has 16 heteroatoms. The molecule has 0 spiro atoms. The Kier molecular flexibility index (Phi) is 9.81. The number of hydrogen-bond acceptors (Lipinski definition) is 11. The molecule has 15 nitrogen and oxygen atoms in total. The molecular weight excluding hydrogens is 673 g/mol. The third kappa shape index (κ3) is 8.54. The number of rotatable bonds is 11. The average molecular weight is 713 g/mol. The van der Waals surface area contributed by atoms with E-state index < -0.39 is 8.07 Å². The Balaban J connectivity index is 0.000000169. The smallest absolute Gasteiger partial charge is 0.210 e. The van der Waals surface area contributed by atoms with Crippen molar-refractivity contribution in [2.45, 2.75) is 32.4 Å². The number of fused-ring (bicyclic) bond motifs is 2. The van der Waals surface area contributed by atoms with Crippen molar-refractivity contribution in [3.8, 4) is 22.3 Å². The Morgan fingerprint density at radius 3 is 1.85 bits per heavy atom. The van der Waals surface area contributed by atoms with E-state index >= 15 is 0 Å². The van der Waals surface area contributed by atoms with Gasteiger partial charge in [0, 0.05) is 101 Å². The van der Waals surface area contributed by atoms with Gasteiger partial charge in [0.15, 0.2) is 0 Å². The summed E-state index contributed by atoms with van der Waals surface area (Å²) < 4.78 is 11.3. The Labute approximate surface area is 301 Å². The molecule has 0 radical (unpaired) electrons. The van der Waals surface area contributed by atoms with Crippen LogP contribution < -0.4 is 10.6 Å². The fourth-order valence-electron chi connectivity index (χ4n) is 5.26. The van der Waals surface area contributed by atoms with Gasteiger partial charge in [-0.05, 0) is 42.4 Å². The monoisotopic (exact) mass is 712 g/mol. The first-order valence-electron chi connectivity index (χ1n) is 16.8. The molecule has 0 amide bonds. The number of nitrogens with zero attached hydrogens (tertiary/aromatic N) is 11. The van der Waals surface area contributed by atoms with E-state index in [0.717, 1.165) is 57.0 Å². The van der Waals surface area contributed by atoms with Gasteiger partial charge in [-0.3, -0.25) is 23.9 Å². The van der Waals surface area contributed by atoms with E-state index in [9.17, 15) is 0 Å². The van der Waals surface area contributed by atoms with Gasteiger partial charge in [-0.2, -0.15) is 10.2 Å². The number of aryl methyl sites for hydroxylation is 2. The summed E-state index contributed by atoms with van der Waals surface area (Å²) in [6, 6.07) is 12.8. The molecule has 8 rings (SSSR count). The van der Waals surface area contributed by atoms with Crippen molar-refractivity contribution in [2.75, 3.05) is 17.2 Å². The number of nitrogens with one attached hydrogen (secondary N) is 3. The van der Waals surface area contributed by atoms with Crippen molar-refractivity contribution < 1.29 is 4.74 Å². The number of hydrogen-bond donors (Lipinski definition) is 3. The van der Waals surface area contributed by atoms with Crippen molar-refractivity contribution >= 4 is 53.7 Å². The highest BCUT2D eigenvalue weighted by Gasteiger charge is 2.13. The van der Waals surface area contributed by atoms with Crippen LogP contribution in [0.4, 0.5) is 23.5 Å². The Bertz CT molecular complexity index is 2410. The molecule has 52 heavy (non-hydrogen) atoms. The van der Waals surface area contributed by atoms with Gasteiger partial charge < -0.3 is 20.4 Å². The van der Waals surface area contributed by atoms with Crippen molar-refractivity contribution in [1.82, 2.24) is 59.0 Å². The van der Waals surface area contributed by atoms with E-state index in [1.165, 1.54) is 0 Å². The molecule has 0 unspecified atom stereocenters. The number of imidazole rings is 2. The zero-order valence-corrected chi connectivity index (χ0v) is 30.7. The van der Waals surface area contributed by atoms with Crippen LogP contribution in [-0.2, 0) is 25.6 Å². The second-order valence-corrected chi connectivity index (χ2v) is 19.1. The lowest BCUT2D eigenvalue weighted by Gasteiger charge is -2.16. The molecule has 0 bridgehead atoms. The summed E-state index contributed by atoms with van der Waals surface area (Å²) >= 11 is 0. The first kappa shape index (κ1) is 34.2. The summed E-state index contributed by atoms with van der Waals surface area (Å²) in [4.78, 5) is 29.8. The maximum absolute atomic E-state index is 5.85. The minimum atomic E-state index is -1.09. The molecule has 0 fully saturated rings. The van der Waals surface area contributed by atoms with E-state index in [1.807, 2.05) is 98.4 Å². The van der Waals surface area contributed by atoms with Crippen LogP contribution in [0.3, 0.4) is 0 Å². The topological polar surface area (TPSA) is 167 Å². The van der Waals surface area contributed by atoms with Crippen LogP contribution in [0, 0.1) is 0 Å². The number of aromatic nitrogens is 12. The van der Waals surface area contributed by atoms with Crippen molar-refractivity contribution in [1.29, 1.82) is 0 Å². The standard InChI is InChI=1S/C21H27N7OSi.C15H13N7/c1-27-14-17(13-24-27)16-11-19-18(23-12-16)5-6-20(25-19)26-21-22-7-8-28(21)15-29-9-10-30(2,3)4;1-22-9-11(8-19-22)10-6-13-12(18-7-10)2-3-14(20-13)21-15-16-4-5-17-15/h5-8,11-14H,9-10,15H2,1-4H3,(H,22,25,26);2-9H,1H3,(H2,16,17,20,21). The SMILES string of the molecule is Cn1cc(-c2cnc3ccc(Nc4ncc[nH]4)nc3c2)cn1.Cn1cc(-c2cnc3ccc(Nc4nccn4COCC[Si](C)(C)C)nc3c2)cn1. The van der Waals surface area contributed by atoms with Crippen molar-refractivity contribution in [3.05, 3.63) is 98.4 Å². The minimum absolute atomic E-state index is 0.465. The first-order chi connectivity index (χ1) is 25.1. The van der Waals surface area contributed by atoms with Crippen molar-refractivity contribution in [3.63, 3.8) is 0 Å². The van der Waals surface area contributed by atoms with Crippen LogP contribution in [-0.4, -0.2) is 73.7 Å². The lowest BCUT2D eigenvalue weighted by molar-refractivity contribution is 0.0886. The molecule has 0 atom stereocenters. The maximum atomic E-state index is 5.85. The molecule has 8 heterocycles. The number of pyridine rings is 4. The first-order valence-corrected chi connectivity index (χ1v) is 20.5. The third-order valence-corrected chi connectivity index (χ3v) is 9.78. The van der Waals surface area contributed by atoms with Crippen LogP contribution in [0.1, 0.15) is 0 Å². The summed E-state index contributed by atoms with van der Waals surface area (Å²) in [6.07, 6.45) is 18.3. The predicted octanol–water partition coefficient (Wildman–Crippen LogP) is 6.78. The molecule has 264 valence electrons.